The lowest BCUT2D eigenvalue weighted by Crippen LogP contribution is -2.48. The molecule has 2 aromatic heterocycles. The van der Waals surface area contributed by atoms with Crippen molar-refractivity contribution in [2.45, 2.75) is 20.4 Å². The van der Waals surface area contributed by atoms with E-state index in [4.69, 9.17) is 0 Å². The summed E-state index contributed by atoms with van der Waals surface area (Å²) in [5.74, 6) is 0.0121. The summed E-state index contributed by atoms with van der Waals surface area (Å²) in [4.78, 5) is 21.0. The molecule has 0 radical (unpaired) electrons. The van der Waals surface area contributed by atoms with Gasteiger partial charge in [0.05, 0.1) is 5.69 Å². The molecular weight excluding hydrogens is 278 g/mol. The Bertz CT molecular complexity index is 658. The minimum atomic E-state index is 0.0121. The van der Waals surface area contributed by atoms with Gasteiger partial charge in [-0.3, -0.25) is 19.8 Å². The lowest BCUT2D eigenvalue weighted by molar-refractivity contribution is 0.0621. The first-order valence-electron chi connectivity index (χ1n) is 7.57. The van der Waals surface area contributed by atoms with E-state index >= 15 is 0 Å². The van der Waals surface area contributed by atoms with Crippen molar-refractivity contribution in [1.29, 1.82) is 0 Å². The third kappa shape index (κ3) is 3.17. The fraction of sp³-hybridized carbons (Fsp3) is 0.438. The molecule has 0 unspecified atom stereocenters. The molecule has 0 atom stereocenters. The number of aromatic nitrogens is 3. The van der Waals surface area contributed by atoms with Crippen LogP contribution in [0.15, 0.2) is 24.4 Å². The molecule has 0 aromatic carbocycles. The van der Waals surface area contributed by atoms with Crippen molar-refractivity contribution in [3.63, 3.8) is 0 Å². The first-order valence-corrected chi connectivity index (χ1v) is 7.57. The Kier molecular flexibility index (Phi) is 4.20. The second-order valence-corrected chi connectivity index (χ2v) is 5.77. The number of nitrogens with one attached hydrogen (secondary N) is 1. The number of nitrogens with zero attached hydrogens (tertiary/aromatic N) is 4. The highest BCUT2D eigenvalue weighted by Gasteiger charge is 2.23. The number of carbonyl (C=O) groups is 1. The van der Waals surface area contributed by atoms with E-state index < -0.39 is 0 Å². The van der Waals surface area contributed by atoms with Gasteiger partial charge >= 0.3 is 0 Å². The van der Waals surface area contributed by atoms with Gasteiger partial charge in [-0.1, -0.05) is 6.07 Å². The van der Waals surface area contributed by atoms with Crippen molar-refractivity contribution < 1.29 is 4.79 Å². The smallest absolute Gasteiger partial charge is 0.274 e. The molecule has 1 fully saturated rings. The molecule has 116 valence electrons. The van der Waals surface area contributed by atoms with Gasteiger partial charge in [0.1, 0.15) is 5.69 Å². The monoisotopic (exact) mass is 299 g/mol. The van der Waals surface area contributed by atoms with E-state index in [2.05, 4.69) is 33.1 Å². The SMILES string of the molecule is Cc1cc(C(=O)N2CCN(Cc3ncccc3C)CC2)n[nH]1. The van der Waals surface area contributed by atoms with Crippen LogP contribution in [-0.2, 0) is 6.54 Å². The Balaban J connectivity index is 1.56. The van der Waals surface area contributed by atoms with Gasteiger partial charge in [-0.25, -0.2) is 0 Å². The minimum absolute atomic E-state index is 0.0121. The number of hydrogen-bond donors (Lipinski definition) is 1. The molecule has 3 rings (SSSR count). The number of H-pyrrole nitrogens is 1. The Labute approximate surface area is 130 Å². The number of rotatable bonds is 3. The minimum Gasteiger partial charge on any atom is -0.335 e. The fourth-order valence-corrected chi connectivity index (χ4v) is 2.69. The van der Waals surface area contributed by atoms with Crippen LogP contribution in [0, 0.1) is 13.8 Å². The first kappa shape index (κ1) is 14.7. The number of carbonyl (C=O) groups excluding carboxylic acids is 1. The molecule has 0 saturated carbocycles. The van der Waals surface area contributed by atoms with Gasteiger partial charge in [0.15, 0.2) is 0 Å². The lowest BCUT2D eigenvalue weighted by atomic mass is 10.2. The van der Waals surface area contributed by atoms with Crippen molar-refractivity contribution in [2.75, 3.05) is 26.2 Å². The summed E-state index contributed by atoms with van der Waals surface area (Å²) < 4.78 is 0. The van der Waals surface area contributed by atoms with E-state index in [9.17, 15) is 4.79 Å². The molecular formula is C16H21N5O. The van der Waals surface area contributed by atoms with Crippen LogP contribution in [0.4, 0.5) is 0 Å². The number of amides is 1. The summed E-state index contributed by atoms with van der Waals surface area (Å²) in [7, 11) is 0. The van der Waals surface area contributed by atoms with E-state index in [0.29, 0.717) is 5.69 Å². The average molecular weight is 299 g/mol. The highest BCUT2D eigenvalue weighted by atomic mass is 16.2. The predicted molar refractivity (Wildman–Crippen MR) is 83.5 cm³/mol. The molecule has 1 saturated heterocycles. The normalized spacial score (nSPS) is 16.0. The average Bonchev–Trinajstić information content (AvgIpc) is 2.96. The maximum absolute atomic E-state index is 12.3. The van der Waals surface area contributed by atoms with Gasteiger partial charge in [-0.2, -0.15) is 5.10 Å². The summed E-state index contributed by atoms with van der Waals surface area (Å²) >= 11 is 0. The second kappa shape index (κ2) is 6.27. The molecule has 22 heavy (non-hydrogen) atoms. The van der Waals surface area contributed by atoms with Crippen molar-refractivity contribution in [1.82, 2.24) is 25.0 Å². The zero-order valence-electron chi connectivity index (χ0n) is 13.0. The van der Waals surface area contributed by atoms with Crippen molar-refractivity contribution in [2.24, 2.45) is 0 Å². The van der Waals surface area contributed by atoms with Crippen LogP contribution < -0.4 is 0 Å². The Morgan fingerprint density at radius 2 is 2.05 bits per heavy atom. The van der Waals surface area contributed by atoms with Gasteiger partial charge in [-0.05, 0) is 31.5 Å². The summed E-state index contributed by atoms with van der Waals surface area (Å²) in [6, 6.07) is 5.84. The highest BCUT2D eigenvalue weighted by molar-refractivity contribution is 5.92. The molecule has 0 spiro atoms. The molecule has 1 amide bonds. The zero-order valence-corrected chi connectivity index (χ0v) is 13.0. The standard InChI is InChI=1S/C16H21N5O/c1-12-4-3-5-17-15(12)11-20-6-8-21(9-7-20)16(22)14-10-13(2)18-19-14/h3-5,10H,6-9,11H2,1-2H3,(H,18,19). The maximum Gasteiger partial charge on any atom is 0.274 e. The van der Waals surface area contributed by atoms with Crippen molar-refractivity contribution >= 4 is 5.91 Å². The number of hydrogen-bond acceptors (Lipinski definition) is 4. The van der Waals surface area contributed by atoms with Gasteiger partial charge in [0.2, 0.25) is 0 Å². The quantitative estimate of drug-likeness (QED) is 0.930. The molecule has 2 aromatic rings. The molecule has 1 N–H and O–H groups in total. The second-order valence-electron chi connectivity index (χ2n) is 5.77. The Morgan fingerprint density at radius 1 is 1.27 bits per heavy atom. The van der Waals surface area contributed by atoms with E-state index in [-0.39, 0.29) is 5.91 Å². The van der Waals surface area contributed by atoms with Gasteiger partial charge in [-0.15, -0.1) is 0 Å². The maximum atomic E-state index is 12.3. The van der Waals surface area contributed by atoms with E-state index in [1.165, 1.54) is 5.56 Å². The third-order valence-electron chi connectivity index (χ3n) is 4.08. The summed E-state index contributed by atoms with van der Waals surface area (Å²) in [5.41, 5.74) is 3.75. The molecule has 1 aliphatic rings. The van der Waals surface area contributed by atoms with Crippen LogP contribution in [0.3, 0.4) is 0 Å². The van der Waals surface area contributed by atoms with Gasteiger partial charge in [0, 0.05) is 44.6 Å². The highest BCUT2D eigenvalue weighted by Crippen LogP contribution is 2.12. The lowest BCUT2D eigenvalue weighted by Gasteiger charge is -2.34. The van der Waals surface area contributed by atoms with Crippen LogP contribution in [-0.4, -0.2) is 57.1 Å². The number of piperazine rings is 1. The van der Waals surface area contributed by atoms with E-state index in [0.717, 1.165) is 44.1 Å². The summed E-state index contributed by atoms with van der Waals surface area (Å²) in [6.45, 7) is 8.03. The molecule has 6 heteroatoms. The number of pyridine rings is 1. The van der Waals surface area contributed by atoms with Gasteiger partial charge in [0.25, 0.3) is 5.91 Å². The summed E-state index contributed by atoms with van der Waals surface area (Å²) in [6.07, 6.45) is 1.84. The fourth-order valence-electron chi connectivity index (χ4n) is 2.69. The van der Waals surface area contributed by atoms with Crippen molar-refractivity contribution in [3.8, 4) is 0 Å². The van der Waals surface area contributed by atoms with Crippen molar-refractivity contribution in [3.05, 3.63) is 47.0 Å². The zero-order chi connectivity index (χ0) is 15.5. The van der Waals surface area contributed by atoms with Gasteiger partial charge < -0.3 is 4.90 Å². The Morgan fingerprint density at radius 3 is 2.68 bits per heavy atom. The predicted octanol–water partition coefficient (Wildman–Crippen LogP) is 1.38. The molecule has 0 aliphatic carbocycles. The first-order chi connectivity index (χ1) is 10.6. The van der Waals surface area contributed by atoms with Crippen LogP contribution in [0.25, 0.3) is 0 Å². The van der Waals surface area contributed by atoms with Crippen LogP contribution in [0.5, 0.6) is 0 Å². The van der Waals surface area contributed by atoms with E-state index in [1.807, 2.05) is 24.1 Å². The molecule has 3 heterocycles. The molecule has 1 aliphatic heterocycles. The van der Waals surface area contributed by atoms with Crippen LogP contribution in [0.1, 0.15) is 27.4 Å². The third-order valence-corrected chi connectivity index (χ3v) is 4.08. The number of aromatic amines is 1. The van der Waals surface area contributed by atoms with Crippen LogP contribution in [0.2, 0.25) is 0 Å². The molecule has 0 bridgehead atoms. The topological polar surface area (TPSA) is 65.1 Å². The summed E-state index contributed by atoms with van der Waals surface area (Å²) in [5, 5.41) is 6.87. The number of aryl methyl sites for hydroxylation is 2. The Hall–Kier alpha value is -2.21. The largest absolute Gasteiger partial charge is 0.335 e. The molecule has 6 nitrogen and oxygen atoms in total. The van der Waals surface area contributed by atoms with Crippen LogP contribution >= 0.6 is 0 Å². The van der Waals surface area contributed by atoms with E-state index in [1.54, 1.807) is 6.07 Å².